The van der Waals surface area contributed by atoms with Crippen LogP contribution in [0.3, 0.4) is 0 Å². The Balaban J connectivity index is 1.86. The Kier molecular flexibility index (Phi) is 5.85. The molecule has 3 aromatic rings. The zero-order chi connectivity index (χ0) is 21.8. The highest BCUT2D eigenvalue weighted by atomic mass is 16.2. The van der Waals surface area contributed by atoms with Gasteiger partial charge in [-0.15, -0.1) is 0 Å². The zero-order valence-corrected chi connectivity index (χ0v) is 17.9. The van der Waals surface area contributed by atoms with Crippen LogP contribution in [0.5, 0.6) is 0 Å². The summed E-state index contributed by atoms with van der Waals surface area (Å²) < 4.78 is 0. The molecule has 1 saturated heterocycles. The summed E-state index contributed by atoms with van der Waals surface area (Å²) in [5.74, 6) is -0.288. The second-order valence-electron chi connectivity index (χ2n) is 7.99. The summed E-state index contributed by atoms with van der Waals surface area (Å²) in [5, 5.41) is 0. The second kappa shape index (κ2) is 8.73. The third-order valence-corrected chi connectivity index (χ3v) is 6.14. The number of carbonyl (C=O) groups is 2. The van der Waals surface area contributed by atoms with Gasteiger partial charge in [-0.3, -0.25) is 9.59 Å². The number of ketones is 1. The molecule has 0 spiro atoms. The van der Waals surface area contributed by atoms with E-state index in [0.29, 0.717) is 5.56 Å². The Morgan fingerprint density at radius 1 is 0.935 bits per heavy atom. The molecular formula is C28H27NO2. The van der Waals surface area contributed by atoms with Crippen LogP contribution in [-0.4, -0.2) is 16.6 Å². The molecule has 1 aliphatic rings. The van der Waals surface area contributed by atoms with Crippen molar-refractivity contribution in [3.05, 3.63) is 120 Å². The van der Waals surface area contributed by atoms with Crippen molar-refractivity contribution in [3.8, 4) is 0 Å². The first kappa shape index (κ1) is 20.8. The Bertz CT molecular complexity index is 1080. The first-order valence-electron chi connectivity index (χ1n) is 10.8. The highest BCUT2D eigenvalue weighted by molar-refractivity contribution is 6.19. The maximum absolute atomic E-state index is 13.9. The first-order chi connectivity index (χ1) is 15.1. The van der Waals surface area contributed by atoms with Gasteiger partial charge in [0.15, 0.2) is 11.2 Å². The summed E-state index contributed by atoms with van der Waals surface area (Å²) in [7, 11) is 0. The van der Waals surface area contributed by atoms with E-state index in [-0.39, 0.29) is 23.8 Å². The van der Waals surface area contributed by atoms with E-state index in [1.807, 2.05) is 110 Å². The summed E-state index contributed by atoms with van der Waals surface area (Å²) in [4.78, 5) is 29.6. The van der Waals surface area contributed by atoms with E-state index in [0.717, 1.165) is 17.5 Å². The number of Topliss-reactive ketones (excluding diaryl/α,β-unsaturated/α-hetero) is 1. The number of amides is 1. The van der Waals surface area contributed by atoms with E-state index in [1.165, 1.54) is 0 Å². The van der Waals surface area contributed by atoms with Gasteiger partial charge >= 0.3 is 0 Å². The lowest BCUT2D eigenvalue weighted by Crippen LogP contribution is -2.66. The standard InChI is InChI=1S/C28H27NO2/c1-3-4-20-28(26(30)24-18-12-7-13-19-24)25(23-16-10-6-11-17-23)29(27(28)31)21(2)22-14-8-5-9-15-22/h4-21,25H,3H2,1-2H3/b20-4+/t21-,25+,28-/m0/s1. The van der Waals surface area contributed by atoms with E-state index >= 15 is 0 Å². The van der Waals surface area contributed by atoms with Gasteiger partial charge in [0.05, 0.1) is 12.1 Å². The Hall–Kier alpha value is -3.46. The van der Waals surface area contributed by atoms with Crippen LogP contribution in [0.1, 0.15) is 53.8 Å². The molecule has 0 aromatic heterocycles. The third kappa shape index (κ3) is 3.50. The zero-order valence-electron chi connectivity index (χ0n) is 17.9. The summed E-state index contributed by atoms with van der Waals surface area (Å²) in [6.07, 6.45) is 4.54. The van der Waals surface area contributed by atoms with Gasteiger partial charge in [0.25, 0.3) is 0 Å². The maximum Gasteiger partial charge on any atom is 0.244 e. The molecule has 0 bridgehead atoms. The first-order valence-corrected chi connectivity index (χ1v) is 10.8. The SMILES string of the molecule is CC/C=C/[C@]1(C(=O)c2ccccc2)C(=O)N([C@@H](C)c2ccccc2)[C@@H]1c1ccccc1. The Morgan fingerprint density at radius 2 is 1.48 bits per heavy atom. The van der Waals surface area contributed by atoms with Crippen LogP contribution in [-0.2, 0) is 4.79 Å². The van der Waals surface area contributed by atoms with Crippen LogP contribution in [0.15, 0.2) is 103 Å². The van der Waals surface area contributed by atoms with E-state index in [1.54, 1.807) is 12.1 Å². The Labute approximate surface area is 184 Å². The fourth-order valence-corrected chi connectivity index (χ4v) is 4.54. The second-order valence-corrected chi connectivity index (χ2v) is 7.99. The number of β-lactam (4-membered cyclic amide) rings is 1. The van der Waals surface area contributed by atoms with E-state index in [9.17, 15) is 9.59 Å². The fourth-order valence-electron chi connectivity index (χ4n) is 4.54. The van der Waals surface area contributed by atoms with E-state index in [4.69, 9.17) is 0 Å². The molecule has 3 aromatic carbocycles. The third-order valence-electron chi connectivity index (χ3n) is 6.14. The van der Waals surface area contributed by atoms with Crippen molar-refractivity contribution in [2.45, 2.75) is 32.4 Å². The fraction of sp³-hybridized carbons (Fsp3) is 0.214. The molecule has 0 unspecified atom stereocenters. The molecule has 0 N–H and O–H groups in total. The van der Waals surface area contributed by atoms with Gasteiger partial charge in [-0.2, -0.15) is 0 Å². The molecular weight excluding hydrogens is 382 g/mol. The molecule has 31 heavy (non-hydrogen) atoms. The largest absolute Gasteiger partial charge is 0.326 e. The smallest absolute Gasteiger partial charge is 0.244 e. The summed E-state index contributed by atoms with van der Waals surface area (Å²) in [6, 6.07) is 28.5. The van der Waals surface area contributed by atoms with Crippen LogP contribution in [0.2, 0.25) is 0 Å². The van der Waals surface area contributed by atoms with Crippen molar-refractivity contribution in [1.29, 1.82) is 0 Å². The van der Waals surface area contributed by atoms with Gasteiger partial charge in [-0.1, -0.05) is 110 Å². The number of nitrogens with zero attached hydrogens (tertiary/aromatic N) is 1. The maximum atomic E-state index is 13.9. The molecule has 1 amide bonds. The quantitative estimate of drug-likeness (QED) is 0.203. The van der Waals surface area contributed by atoms with Gasteiger partial charge in [-0.25, -0.2) is 0 Å². The number of hydrogen-bond acceptors (Lipinski definition) is 2. The van der Waals surface area contributed by atoms with Gasteiger partial charge in [0.1, 0.15) is 0 Å². The van der Waals surface area contributed by atoms with Crippen LogP contribution in [0.4, 0.5) is 0 Å². The molecule has 156 valence electrons. The average Bonchev–Trinajstić information content (AvgIpc) is 2.84. The van der Waals surface area contributed by atoms with Crippen molar-refractivity contribution in [3.63, 3.8) is 0 Å². The predicted octanol–water partition coefficient (Wildman–Crippen LogP) is 6.17. The van der Waals surface area contributed by atoms with E-state index < -0.39 is 5.41 Å². The minimum atomic E-state index is -1.23. The minimum absolute atomic E-state index is 0.142. The minimum Gasteiger partial charge on any atom is -0.326 e. The lowest BCUT2D eigenvalue weighted by molar-refractivity contribution is -0.166. The van der Waals surface area contributed by atoms with Crippen molar-refractivity contribution in [1.82, 2.24) is 4.90 Å². The summed E-state index contributed by atoms with van der Waals surface area (Å²) in [5.41, 5.74) is 1.35. The summed E-state index contributed by atoms with van der Waals surface area (Å²) in [6.45, 7) is 4.05. The molecule has 1 fully saturated rings. The van der Waals surface area contributed by atoms with Gasteiger partial charge < -0.3 is 4.90 Å². The lowest BCUT2D eigenvalue weighted by Gasteiger charge is -2.56. The number of benzene rings is 3. The van der Waals surface area contributed by atoms with Crippen LogP contribution in [0.25, 0.3) is 0 Å². The molecule has 1 heterocycles. The summed E-state index contributed by atoms with van der Waals surface area (Å²) >= 11 is 0. The van der Waals surface area contributed by atoms with Crippen molar-refractivity contribution in [2.24, 2.45) is 5.41 Å². The van der Waals surface area contributed by atoms with Crippen LogP contribution in [0, 0.1) is 5.41 Å². The van der Waals surface area contributed by atoms with Gasteiger partial charge in [0.2, 0.25) is 5.91 Å². The average molecular weight is 410 g/mol. The topological polar surface area (TPSA) is 37.4 Å². The van der Waals surface area contributed by atoms with Gasteiger partial charge in [-0.05, 0) is 24.5 Å². The molecule has 3 atom stereocenters. The predicted molar refractivity (Wildman–Crippen MR) is 124 cm³/mol. The lowest BCUT2D eigenvalue weighted by atomic mass is 9.62. The normalized spacial score (nSPS) is 21.7. The molecule has 3 nitrogen and oxygen atoms in total. The molecule has 0 radical (unpaired) electrons. The van der Waals surface area contributed by atoms with Crippen LogP contribution >= 0.6 is 0 Å². The van der Waals surface area contributed by atoms with Gasteiger partial charge in [0, 0.05) is 5.56 Å². The molecule has 3 heteroatoms. The Morgan fingerprint density at radius 3 is 2.06 bits per heavy atom. The molecule has 0 saturated carbocycles. The van der Waals surface area contributed by atoms with Crippen molar-refractivity contribution in [2.75, 3.05) is 0 Å². The number of hydrogen-bond donors (Lipinski definition) is 0. The van der Waals surface area contributed by atoms with Crippen LogP contribution < -0.4 is 0 Å². The van der Waals surface area contributed by atoms with Crippen molar-refractivity contribution < 1.29 is 9.59 Å². The monoisotopic (exact) mass is 409 g/mol. The van der Waals surface area contributed by atoms with E-state index in [2.05, 4.69) is 0 Å². The molecule has 0 aliphatic carbocycles. The highest BCUT2D eigenvalue weighted by Crippen LogP contribution is 2.56. The number of carbonyl (C=O) groups excluding carboxylic acids is 2. The highest BCUT2D eigenvalue weighted by Gasteiger charge is 2.65. The number of allylic oxidation sites excluding steroid dienone is 1. The number of likely N-dealkylation sites (tertiary alicyclic amines) is 1. The van der Waals surface area contributed by atoms with Crippen molar-refractivity contribution >= 4 is 11.7 Å². The number of rotatable bonds is 7. The molecule has 4 rings (SSSR count). The molecule has 1 aliphatic heterocycles.